The third-order valence-electron chi connectivity index (χ3n) is 2.87. The minimum atomic E-state index is -4.54. The predicted octanol–water partition coefficient (Wildman–Crippen LogP) is 4.48. The smallest absolute Gasteiger partial charge is 0.416 e. The van der Waals surface area contributed by atoms with Gasteiger partial charge in [0.1, 0.15) is 0 Å². The zero-order valence-corrected chi connectivity index (χ0v) is 13.2. The van der Waals surface area contributed by atoms with Crippen LogP contribution in [0.2, 0.25) is 10.0 Å². The van der Waals surface area contributed by atoms with Gasteiger partial charge in [0, 0.05) is 5.56 Å². The van der Waals surface area contributed by atoms with Gasteiger partial charge in [0.2, 0.25) is 0 Å². The van der Waals surface area contributed by atoms with Crippen LogP contribution in [0.5, 0.6) is 5.75 Å². The van der Waals surface area contributed by atoms with Gasteiger partial charge in [-0.1, -0.05) is 29.3 Å². The molecule has 2 rings (SSSR count). The number of phenols is 1. The summed E-state index contributed by atoms with van der Waals surface area (Å²) in [6, 6.07) is 6.64. The fraction of sp³-hybridized carbons (Fsp3) is 0.0667. The van der Waals surface area contributed by atoms with Gasteiger partial charge in [-0.25, -0.2) is 5.43 Å². The van der Waals surface area contributed by atoms with Crippen molar-refractivity contribution in [3.63, 3.8) is 0 Å². The van der Waals surface area contributed by atoms with Gasteiger partial charge in [0.25, 0.3) is 5.91 Å². The molecule has 0 aliphatic rings. The largest absolute Gasteiger partial charge is 0.505 e. The second-order valence-corrected chi connectivity index (χ2v) is 5.43. The van der Waals surface area contributed by atoms with E-state index in [0.29, 0.717) is 5.56 Å². The number of hydrogen-bond acceptors (Lipinski definition) is 3. The normalized spacial score (nSPS) is 11.7. The summed E-state index contributed by atoms with van der Waals surface area (Å²) in [5.41, 5.74) is 1.35. The van der Waals surface area contributed by atoms with E-state index in [9.17, 15) is 23.1 Å². The predicted molar refractivity (Wildman–Crippen MR) is 84.6 cm³/mol. The molecule has 2 aromatic carbocycles. The molecular weight excluding hydrogens is 368 g/mol. The number of hydrazone groups is 1. The summed E-state index contributed by atoms with van der Waals surface area (Å²) >= 11 is 11.5. The fourth-order valence-corrected chi connectivity index (χ4v) is 2.23. The Kier molecular flexibility index (Phi) is 5.36. The molecule has 0 fully saturated rings. The number of hydrogen-bond donors (Lipinski definition) is 2. The lowest BCUT2D eigenvalue weighted by Crippen LogP contribution is -2.18. The highest BCUT2D eigenvalue weighted by Crippen LogP contribution is 2.32. The molecule has 2 aromatic rings. The lowest BCUT2D eigenvalue weighted by Gasteiger charge is -2.07. The number of aromatic hydroxyl groups is 1. The Morgan fingerprint density at radius 2 is 1.79 bits per heavy atom. The van der Waals surface area contributed by atoms with E-state index in [4.69, 9.17) is 23.2 Å². The number of halogens is 5. The van der Waals surface area contributed by atoms with Crippen molar-refractivity contribution in [1.29, 1.82) is 0 Å². The lowest BCUT2D eigenvalue weighted by atomic mass is 10.1. The SMILES string of the molecule is O=C(N/N=C\c1cc(Cl)c(O)c(Cl)c1)c1cccc(C(F)(F)F)c1. The Balaban J connectivity index is 2.11. The van der Waals surface area contributed by atoms with Gasteiger partial charge in [0.15, 0.2) is 5.75 Å². The van der Waals surface area contributed by atoms with Crippen LogP contribution in [0.1, 0.15) is 21.5 Å². The molecule has 1 amide bonds. The molecule has 0 radical (unpaired) electrons. The first kappa shape index (κ1) is 18.1. The van der Waals surface area contributed by atoms with E-state index < -0.39 is 17.6 Å². The molecule has 0 spiro atoms. The van der Waals surface area contributed by atoms with Crippen LogP contribution in [0.4, 0.5) is 13.2 Å². The molecule has 0 unspecified atom stereocenters. The molecular formula is C15H9Cl2F3N2O2. The number of amides is 1. The van der Waals surface area contributed by atoms with Gasteiger partial charge in [-0.05, 0) is 35.9 Å². The molecule has 0 saturated heterocycles. The van der Waals surface area contributed by atoms with Crippen LogP contribution in [0.15, 0.2) is 41.5 Å². The molecule has 0 saturated carbocycles. The molecule has 0 heterocycles. The van der Waals surface area contributed by atoms with Gasteiger partial charge < -0.3 is 5.11 Å². The Morgan fingerprint density at radius 1 is 1.17 bits per heavy atom. The Bertz CT molecular complexity index is 785. The quantitative estimate of drug-likeness (QED) is 0.612. The molecule has 0 aliphatic carbocycles. The minimum Gasteiger partial charge on any atom is -0.505 e. The first-order chi connectivity index (χ1) is 11.2. The molecule has 0 aliphatic heterocycles. The van der Waals surface area contributed by atoms with Crippen LogP contribution in [-0.4, -0.2) is 17.2 Å². The summed E-state index contributed by atoms with van der Waals surface area (Å²) in [6.07, 6.45) is -3.36. The first-order valence-electron chi connectivity index (χ1n) is 6.37. The van der Waals surface area contributed by atoms with Crippen molar-refractivity contribution < 1.29 is 23.1 Å². The van der Waals surface area contributed by atoms with Crippen LogP contribution >= 0.6 is 23.2 Å². The van der Waals surface area contributed by atoms with Crippen molar-refractivity contribution in [1.82, 2.24) is 5.43 Å². The van der Waals surface area contributed by atoms with Crippen LogP contribution in [-0.2, 0) is 6.18 Å². The Labute approximate surface area is 144 Å². The summed E-state index contributed by atoms with van der Waals surface area (Å²) in [4.78, 5) is 11.8. The summed E-state index contributed by atoms with van der Waals surface area (Å²) in [7, 11) is 0. The molecule has 126 valence electrons. The number of rotatable bonds is 3. The molecule has 0 aromatic heterocycles. The average molecular weight is 377 g/mol. The van der Waals surface area contributed by atoms with Crippen molar-refractivity contribution in [2.45, 2.75) is 6.18 Å². The molecule has 4 nitrogen and oxygen atoms in total. The molecule has 9 heteroatoms. The standard InChI is InChI=1S/C15H9Cl2F3N2O2/c16-11-4-8(5-12(17)13(11)23)7-21-22-14(24)9-2-1-3-10(6-9)15(18,19)20/h1-7,23H,(H,22,24)/b21-7-. The van der Waals surface area contributed by atoms with Crippen LogP contribution in [0.3, 0.4) is 0 Å². The van der Waals surface area contributed by atoms with Gasteiger partial charge in [-0.3, -0.25) is 4.79 Å². The molecule has 0 bridgehead atoms. The highest BCUT2D eigenvalue weighted by molar-refractivity contribution is 6.37. The zero-order valence-electron chi connectivity index (χ0n) is 11.7. The Morgan fingerprint density at radius 3 is 2.38 bits per heavy atom. The van der Waals surface area contributed by atoms with Gasteiger partial charge >= 0.3 is 6.18 Å². The first-order valence-corrected chi connectivity index (χ1v) is 7.13. The highest BCUT2D eigenvalue weighted by atomic mass is 35.5. The minimum absolute atomic E-state index is 0.00634. The van der Waals surface area contributed by atoms with E-state index in [-0.39, 0.29) is 21.4 Å². The fourth-order valence-electron chi connectivity index (χ4n) is 1.73. The summed E-state index contributed by atoms with van der Waals surface area (Å²) in [6.45, 7) is 0. The average Bonchev–Trinajstić information content (AvgIpc) is 2.51. The third kappa shape index (κ3) is 4.39. The number of benzene rings is 2. The summed E-state index contributed by atoms with van der Waals surface area (Å²) in [5.74, 6) is -1.10. The maximum Gasteiger partial charge on any atom is 0.416 e. The summed E-state index contributed by atoms with van der Waals surface area (Å²) in [5, 5.41) is 13.0. The monoisotopic (exact) mass is 376 g/mol. The number of carbonyl (C=O) groups excluding carboxylic acids is 1. The maximum atomic E-state index is 12.6. The maximum absolute atomic E-state index is 12.6. The number of nitrogens with one attached hydrogen (secondary N) is 1. The van der Waals surface area contributed by atoms with Crippen molar-refractivity contribution >= 4 is 35.3 Å². The number of alkyl halides is 3. The highest BCUT2D eigenvalue weighted by Gasteiger charge is 2.30. The molecule has 2 N–H and O–H groups in total. The van der Waals surface area contributed by atoms with Crippen LogP contribution in [0.25, 0.3) is 0 Å². The number of nitrogens with zero attached hydrogens (tertiary/aromatic N) is 1. The third-order valence-corrected chi connectivity index (χ3v) is 3.45. The zero-order chi connectivity index (χ0) is 17.9. The van der Waals surface area contributed by atoms with E-state index in [1.165, 1.54) is 24.4 Å². The van der Waals surface area contributed by atoms with Crippen LogP contribution in [0, 0.1) is 0 Å². The van der Waals surface area contributed by atoms with E-state index in [1.54, 1.807) is 0 Å². The van der Waals surface area contributed by atoms with E-state index in [1.807, 2.05) is 0 Å². The lowest BCUT2D eigenvalue weighted by molar-refractivity contribution is -0.137. The van der Waals surface area contributed by atoms with Gasteiger partial charge in [-0.15, -0.1) is 0 Å². The second kappa shape index (κ2) is 7.11. The number of phenolic OH excluding ortho intramolecular Hbond substituents is 1. The van der Waals surface area contributed by atoms with E-state index in [0.717, 1.165) is 18.2 Å². The van der Waals surface area contributed by atoms with Crippen LogP contribution < -0.4 is 5.43 Å². The van der Waals surface area contributed by atoms with E-state index in [2.05, 4.69) is 10.5 Å². The van der Waals surface area contributed by atoms with Crippen molar-refractivity contribution in [2.75, 3.05) is 0 Å². The number of carbonyl (C=O) groups is 1. The van der Waals surface area contributed by atoms with Gasteiger partial charge in [-0.2, -0.15) is 18.3 Å². The van der Waals surface area contributed by atoms with Crippen molar-refractivity contribution in [3.05, 3.63) is 63.1 Å². The van der Waals surface area contributed by atoms with Crippen molar-refractivity contribution in [3.8, 4) is 5.75 Å². The van der Waals surface area contributed by atoms with E-state index >= 15 is 0 Å². The molecule has 24 heavy (non-hydrogen) atoms. The van der Waals surface area contributed by atoms with Gasteiger partial charge in [0.05, 0.1) is 21.8 Å². The topological polar surface area (TPSA) is 61.7 Å². The van der Waals surface area contributed by atoms with Crippen molar-refractivity contribution in [2.24, 2.45) is 5.10 Å². The summed E-state index contributed by atoms with van der Waals surface area (Å²) < 4.78 is 37.8. The molecule has 0 atom stereocenters. The second-order valence-electron chi connectivity index (χ2n) is 4.61. The Hall–Kier alpha value is -2.25.